The van der Waals surface area contributed by atoms with Gasteiger partial charge in [-0.1, -0.05) is 29.4 Å². The predicted octanol–water partition coefficient (Wildman–Crippen LogP) is 4.19. The number of benzene rings is 2. The topological polar surface area (TPSA) is 81.8 Å². The van der Waals surface area contributed by atoms with E-state index in [0.717, 1.165) is 12.1 Å². The van der Waals surface area contributed by atoms with E-state index in [-0.39, 0.29) is 17.7 Å². The second-order valence-corrected chi connectivity index (χ2v) is 8.61. The van der Waals surface area contributed by atoms with Crippen LogP contribution in [0.2, 0.25) is 5.02 Å². The highest BCUT2D eigenvalue weighted by atomic mass is 35.5. The van der Waals surface area contributed by atoms with E-state index in [1.54, 1.807) is 28.9 Å². The molecule has 0 saturated heterocycles. The number of anilines is 1. The molecule has 1 atom stereocenters. The van der Waals surface area contributed by atoms with Gasteiger partial charge in [-0.2, -0.15) is 5.10 Å². The number of halogens is 3. The lowest BCUT2D eigenvalue weighted by Gasteiger charge is -2.14. The van der Waals surface area contributed by atoms with Gasteiger partial charge in [-0.3, -0.25) is 14.2 Å². The maximum atomic E-state index is 13.8. The lowest BCUT2D eigenvalue weighted by Crippen LogP contribution is -2.28. The van der Waals surface area contributed by atoms with Gasteiger partial charge in [0.05, 0.1) is 23.6 Å². The number of aromatic nitrogens is 4. The molecule has 1 N–H and O–H groups in total. The molecule has 3 heterocycles. The molecule has 0 spiro atoms. The largest absolute Gasteiger partial charge is 0.324 e. The minimum absolute atomic E-state index is 0.0632. The van der Waals surface area contributed by atoms with E-state index in [1.165, 1.54) is 22.5 Å². The third-order valence-electron chi connectivity index (χ3n) is 5.05. The van der Waals surface area contributed by atoms with E-state index in [4.69, 9.17) is 11.6 Å². The molecular formula is C21H14ClF2N5O2S. The zero-order valence-electron chi connectivity index (χ0n) is 16.3. The van der Waals surface area contributed by atoms with Crippen molar-refractivity contribution in [2.24, 2.45) is 0 Å². The molecule has 1 aliphatic rings. The Balaban J connectivity index is 1.44. The molecule has 7 nitrogen and oxygen atoms in total. The van der Waals surface area contributed by atoms with Crippen molar-refractivity contribution < 1.29 is 13.6 Å². The molecule has 1 aliphatic heterocycles. The molecule has 0 saturated carbocycles. The van der Waals surface area contributed by atoms with Gasteiger partial charge in [0.2, 0.25) is 5.91 Å². The average molecular weight is 474 g/mol. The smallest absolute Gasteiger partial charge is 0.265 e. The lowest BCUT2D eigenvalue weighted by molar-refractivity contribution is -0.116. The van der Waals surface area contributed by atoms with Crippen molar-refractivity contribution in [3.8, 4) is 5.69 Å². The molecule has 2 aromatic carbocycles. The highest BCUT2D eigenvalue weighted by molar-refractivity contribution is 7.99. The van der Waals surface area contributed by atoms with E-state index in [1.807, 2.05) is 0 Å². The van der Waals surface area contributed by atoms with Crippen LogP contribution in [0.5, 0.6) is 0 Å². The molecule has 11 heteroatoms. The van der Waals surface area contributed by atoms with Crippen LogP contribution in [0.1, 0.15) is 12.5 Å². The van der Waals surface area contributed by atoms with Crippen LogP contribution in [0.25, 0.3) is 16.7 Å². The molecular weight excluding hydrogens is 460 g/mol. The number of hydrogen-bond donors (Lipinski definition) is 1. The Labute approximate surface area is 189 Å². The van der Waals surface area contributed by atoms with Crippen LogP contribution in [0, 0.1) is 11.6 Å². The number of carbonyl (C=O) groups excluding carboxylic acids is 1. The molecule has 5 rings (SSSR count). The molecule has 162 valence electrons. The van der Waals surface area contributed by atoms with Gasteiger partial charge >= 0.3 is 0 Å². The monoisotopic (exact) mass is 473 g/mol. The minimum Gasteiger partial charge on any atom is -0.324 e. The predicted molar refractivity (Wildman–Crippen MR) is 118 cm³/mol. The fourth-order valence-electron chi connectivity index (χ4n) is 3.58. The number of nitrogens with zero attached hydrogens (tertiary/aromatic N) is 4. The van der Waals surface area contributed by atoms with Gasteiger partial charge in [-0.05, 0) is 30.3 Å². The van der Waals surface area contributed by atoms with Crippen LogP contribution in [-0.4, -0.2) is 31.0 Å². The second-order valence-electron chi connectivity index (χ2n) is 7.18. The second kappa shape index (κ2) is 8.03. The highest BCUT2D eigenvalue weighted by Crippen LogP contribution is 2.33. The van der Waals surface area contributed by atoms with Crippen molar-refractivity contribution in [2.45, 2.75) is 17.6 Å². The van der Waals surface area contributed by atoms with Crippen LogP contribution < -0.4 is 10.9 Å². The van der Waals surface area contributed by atoms with Crippen LogP contribution in [-0.2, 0) is 4.79 Å². The summed E-state index contributed by atoms with van der Waals surface area (Å²) < 4.78 is 29.9. The van der Waals surface area contributed by atoms with Crippen LogP contribution in [0.3, 0.4) is 0 Å². The Kier molecular flexibility index (Phi) is 5.18. The van der Waals surface area contributed by atoms with E-state index < -0.39 is 23.6 Å². The number of fused-ring (bicyclic) bond motifs is 2. The fraction of sp³-hybridized carbons (Fsp3) is 0.143. The summed E-state index contributed by atoms with van der Waals surface area (Å²) in [4.78, 5) is 30.2. The van der Waals surface area contributed by atoms with Gasteiger partial charge in [0.1, 0.15) is 17.0 Å². The summed E-state index contributed by atoms with van der Waals surface area (Å²) in [5.41, 5.74) is 0.638. The van der Waals surface area contributed by atoms with E-state index in [2.05, 4.69) is 15.4 Å². The van der Waals surface area contributed by atoms with Gasteiger partial charge in [0.15, 0.2) is 10.8 Å². The van der Waals surface area contributed by atoms with Crippen molar-refractivity contribution >= 4 is 46.0 Å². The van der Waals surface area contributed by atoms with E-state index in [0.29, 0.717) is 38.7 Å². The molecule has 0 bridgehead atoms. The summed E-state index contributed by atoms with van der Waals surface area (Å²) in [7, 11) is 0. The quantitative estimate of drug-likeness (QED) is 0.449. The maximum Gasteiger partial charge on any atom is 0.265 e. The fourth-order valence-corrected chi connectivity index (χ4v) is 4.90. The van der Waals surface area contributed by atoms with Crippen molar-refractivity contribution in [2.75, 3.05) is 11.1 Å². The molecule has 1 unspecified atom stereocenters. The Morgan fingerprint density at radius 3 is 2.88 bits per heavy atom. The zero-order valence-corrected chi connectivity index (χ0v) is 17.8. The summed E-state index contributed by atoms with van der Waals surface area (Å²) in [5.74, 6) is -1.63. The summed E-state index contributed by atoms with van der Waals surface area (Å²) in [6.45, 7) is 0. The number of rotatable bonds is 4. The molecule has 32 heavy (non-hydrogen) atoms. The Bertz CT molecular complexity index is 1440. The first-order valence-electron chi connectivity index (χ1n) is 9.54. The van der Waals surface area contributed by atoms with Gasteiger partial charge in [0.25, 0.3) is 5.56 Å². The maximum absolute atomic E-state index is 13.8. The summed E-state index contributed by atoms with van der Waals surface area (Å²) in [5, 5.41) is 8.03. The third kappa shape index (κ3) is 3.65. The van der Waals surface area contributed by atoms with Gasteiger partial charge in [0, 0.05) is 23.3 Å². The average Bonchev–Trinajstić information content (AvgIpc) is 3.35. The number of carbonyl (C=O) groups is 1. The van der Waals surface area contributed by atoms with Crippen molar-refractivity contribution in [1.29, 1.82) is 0 Å². The van der Waals surface area contributed by atoms with Crippen molar-refractivity contribution in [3.05, 3.63) is 75.7 Å². The standard InChI is InChI=1S/C21H14ClF2N5O2S/c22-11-2-1-3-13(6-11)29-19-15(9-25-29)20(31)28-14(10-32-21(28)27-19)8-18(30)26-17-5-4-12(23)7-16(17)24/h1-7,9,14H,8,10H2,(H,26,30). The third-order valence-corrected chi connectivity index (χ3v) is 6.38. The summed E-state index contributed by atoms with van der Waals surface area (Å²) in [6, 6.07) is 9.48. The van der Waals surface area contributed by atoms with E-state index in [9.17, 15) is 18.4 Å². The van der Waals surface area contributed by atoms with Crippen LogP contribution in [0.15, 0.2) is 58.6 Å². The number of hydrogen-bond acceptors (Lipinski definition) is 5. The first-order chi connectivity index (χ1) is 15.4. The van der Waals surface area contributed by atoms with Crippen molar-refractivity contribution in [1.82, 2.24) is 19.3 Å². The Morgan fingerprint density at radius 1 is 1.25 bits per heavy atom. The summed E-state index contributed by atoms with van der Waals surface area (Å²) >= 11 is 7.42. The number of thioether (sulfide) groups is 1. The van der Waals surface area contributed by atoms with E-state index >= 15 is 0 Å². The molecule has 1 amide bonds. The Hall–Kier alpha value is -3.24. The van der Waals surface area contributed by atoms with Crippen molar-refractivity contribution in [3.63, 3.8) is 0 Å². The van der Waals surface area contributed by atoms with Gasteiger partial charge in [-0.15, -0.1) is 0 Å². The highest BCUT2D eigenvalue weighted by Gasteiger charge is 2.29. The zero-order chi connectivity index (χ0) is 22.4. The van der Waals surface area contributed by atoms with Crippen LogP contribution in [0.4, 0.5) is 14.5 Å². The first kappa shape index (κ1) is 20.7. The molecule has 4 aromatic rings. The SMILES string of the molecule is O=C(CC1CSc2nc3c(cnn3-c3cccc(Cl)c3)c(=O)n21)Nc1ccc(F)cc1F. The number of amides is 1. The van der Waals surface area contributed by atoms with Gasteiger partial charge in [-0.25, -0.2) is 18.4 Å². The molecule has 0 fully saturated rings. The normalized spacial score (nSPS) is 15.2. The Morgan fingerprint density at radius 2 is 2.09 bits per heavy atom. The minimum atomic E-state index is -0.867. The molecule has 2 aromatic heterocycles. The van der Waals surface area contributed by atoms with Gasteiger partial charge < -0.3 is 5.32 Å². The molecule has 0 aliphatic carbocycles. The van der Waals surface area contributed by atoms with Crippen LogP contribution >= 0.6 is 23.4 Å². The number of nitrogens with one attached hydrogen (secondary N) is 1. The molecule has 0 radical (unpaired) electrons. The first-order valence-corrected chi connectivity index (χ1v) is 10.9. The summed E-state index contributed by atoms with van der Waals surface area (Å²) in [6.07, 6.45) is 1.37. The lowest BCUT2D eigenvalue weighted by atomic mass is 10.2.